The minimum atomic E-state index is -1.29. The first-order valence-corrected chi connectivity index (χ1v) is 8.08. The van der Waals surface area contributed by atoms with Gasteiger partial charge >= 0.3 is 0 Å². The second-order valence-corrected chi connectivity index (χ2v) is 6.82. The number of rotatable bonds is 6. The van der Waals surface area contributed by atoms with E-state index in [4.69, 9.17) is 4.74 Å². The van der Waals surface area contributed by atoms with Gasteiger partial charge in [-0.1, -0.05) is 24.3 Å². The number of benzene rings is 2. The summed E-state index contributed by atoms with van der Waals surface area (Å²) in [6.07, 6.45) is 0. The molecule has 0 aliphatic rings. The molecule has 25 heavy (non-hydrogen) atoms. The molecule has 2 N–H and O–H groups in total. The monoisotopic (exact) mass is 345 g/mol. The third-order valence-corrected chi connectivity index (χ3v) is 4.44. The van der Waals surface area contributed by atoms with Gasteiger partial charge < -0.3 is 15.2 Å². The summed E-state index contributed by atoms with van der Waals surface area (Å²) in [5, 5.41) is 13.4. The van der Waals surface area contributed by atoms with Crippen LogP contribution in [-0.2, 0) is 15.8 Å². The van der Waals surface area contributed by atoms with E-state index in [1.807, 2.05) is 26.0 Å². The van der Waals surface area contributed by atoms with Gasteiger partial charge in [-0.25, -0.2) is 4.39 Å². The van der Waals surface area contributed by atoms with E-state index in [9.17, 15) is 14.3 Å². The number of carbonyl (C=O) groups is 1. The summed E-state index contributed by atoms with van der Waals surface area (Å²) in [6.45, 7) is 5.24. The van der Waals surface area contributed by atoms with Crippen LogP contribution >= 0.6 is 0 Å². The predicted molar refractivity (Wildman–Crippen MR) is 95.0 cm³/mol. The first kappa shape index (κ1) is 18.9. The van der Waals surface area contributed by atoms with Gasteiger partial charge in [-0.2, -0.15) is 0 Å². The van der Waals surface area contributed by atoms with Crippen LogP contribution in [0.25, 0.3) is 0 Å². The van der Waals surface area contributed by atoms with Gasteiger partial charge in [0.25, 0.3) is 0 Å². The van der Waals surface area contributed by atoms with Gasteiger partial charge in [0, 0.05) is 0 Å². The molecule has 0 heterocycles. The molecule has 0 aliphatic carbocycles. The number of carbonyl (C=O) groups excluding carboxylic acids is 1. The smallest absolute Gasteiger partial charge is 0.230 e. The van der Waals surface area contributed by atoms with Crippen molar-refractivity contribution in [3.05, 3.63) is 65.5 Å². The molecule has 134 valence electrons. The van der Waals surface area contributed by atoms with Crippen molar-refractivity contribution in [2.24, 2.45) is 0 Å². The fourth-order valence-corrected chi connectivity index (χ4v) is 2.52. The lowest BCUT2D eigenvalue weighted by atomic mass is 9.83. The van der Waals surface area contributed by atoms with Crippen molar-refractivity contribution in [2.75, 3.05) is 13.7 Å². The summed E-state index contributed by atoms with van der Waals surface area (Å²) in [5.74, 6) is 0.142. The molecule has 2 aromatic carbocycles. The minimum absolute atomic E-state index is 0.0249. The van der Waals surface area contributed by atoms with Crippen LogP contribution in [0.15, 0.2) is 48.5 Å². The highest BCUT2D eigenvalue weighted by Gasteiger charge is 2.32. The fraction of sp³-hybridized carbons (Fsp3) is 0.350. The van der Waals surface area contributed by atoms with Crippen LogP contribution in [0.3, 0.4) is 0 Å². The van der Waals surface area contributed by atoms with Crippen molar-refractivity contribution in [1.29, 1.82) is 0 Å². The molecule has 1 unspecified atom stereocenters. The van der Waals surface area contributed by atoms with Crippen molar-refractivity contribution in [3.63, 3.8) is 0 Å². The van der Waals surface area contributed by atoms with Gasteiger partial charge in [0.05, 0.1) is 19.1 Å². The molecular formula is C20H24FNO3. The number of halogens is 1. The zero-order chi connectivity index (χ0) is 18.7. The quantitative estimate of drug-likeness (QED) is 0.846. The maximum absolute atomic E-state index is 13.0. The summed E-state index contributed by atoms with van der Waals surface area (Å²) >= 11 is 0. The number of ether oxygens (including phenoxy) is 1. The van der Waals surface area contributed by atoms with E-state index in [0.29, 0.717) is 5.56 Å². The Labute approximate surface area is 147 Å². The van der Waals surface area contributed by atoms with Crippen molar-refractivity contribution < 1.29 is 19.0 Å². The van der Waals surface area contributed by atoms with Gasteiger partial charge in [0.1, 0.15) is 17.2 Å². The van der Waals surface area contributed by atoms with Crippen LogP contribution in [-0.4, -0.2) is 24.7 Å². The Balaban J connectivity index is 2.07. The first-order valence-electron chi connectivity index (χ1n) is 8.08. The molecule has 2 aromatic rings. The SMILES string of the molecule is COc1ccc(C(C)(C)C(=O)NCC(C)(O)c2ccc(F)cc2)cc1. The van der Waals surface area contributed by atoms with Crippen LogP contribution in [0.2, 0.25) is 0 Å². The second-order valence-electron chi connectivity index (χ2n) is 6.82. The summed E-state index contributed by atoms with van der Waals surface area (Å²) < 4.78 is 18.2. The molecule has 0 aliphatic heterocycles. The Bertz CT molecular complexity index is 722. The number of methoxy groups -OCH3 is 1. The molecule has 0 bridgehead atoms. The van der Waals surface area contributed by atoms with E-state index < -0.39 is 11.0 Å². The van der Waals surface area contributed by atoms with E-state index in [1.165, 1.54) is 24.3 Å². The van der Waals surface area contributed by atoms with Gasteiger partial charge in [0.15, 0.2) is 0 Å². The van der Waals surface area contributed by atoms with E-state index in [1.54, 1.807) is 26.2 Å². The van der Waals surface area contributed by atoms with Crippen LogP contribution in [0, 0.1) is 5.82 Å². The molecule has 0 aromatic heterocycles. The lowest BCUT2D eigenvalue weighted by Gasteiger charge is -2.29. The predicted octanol–water partition coefficient (Wildman–Crippen LogP) is 3.14. The third kappa shape index (κ3) is 4.37. The van der Waals surface area contributed by atoms with Gasteiger partial charge in [-0.15, -0.1) is 0 Å². The van der Waals surface area contributed by atoms with E-state index >= 15 is 0 Å². The molecule has 0 fully saturated rings. The van der Waals surface area contributed by atoms with Crippen molar-refractivity contribution in [3.8, 4) is 5.75 Å². The zero-order valence-corrected chi connectivity index (χ0v) is 15.0. The minimum Gasteiger partial charge on any atom is -0.497 e. The number of aliphatic hydroxyl groups is 1. The highest BCUT2D eigenvalue weighted by atomic mass is 19.1. The zero-order valence-electron chi connectivity index (χ0n) is 15.0. The number of nitrogens with one attached hydrogen (secondary N) is 1. The van der Waals surface area contributed by atoms with Crippen LogP contribution < -0.4 is 10.1 Å². The average molecular weight is 345 g/mol. The topological polar surface area (TPSA) is 58.6 Å². The largest absolute Gasteiger partial charge is 0.497 e. The first-order chi connectivity index (χ1) is 11.7. The molecule has 5 heteroatoms. The summed E-state index contributed by atoms with van der Waals surface area (Å²) in [6, 6.07) is 12.9. The summed E-state index contributed by atoms with van der Waals surface area (Å²) in [7, 11) is 1.59. The maximum atomic E-state index is 13.0. The molecular weight excluding hydrogens is 321 g/mol. The summed E-state index contributed by atoms with van der Waals surface area (Å²) in [4.78, 5) is 12.6. The normalized spacial score (nSPS) is 13.8. The molecule has 0 saturated carbocycles. The fourth-order valence-electron chi connectivity index (χ4n) is 2.52. The number of hydrogen-bond acceptors (Lipinski definition) is 3. The Morgan fingerprint density at radius 2 is 1.56 bits per heavy atom. The Morgan fingerprint density at radius 1 is 1.04 bits per heavy atom. The van der Waals surface area contributed by atoms with Crippen LogP contribution in [0.5, 0.6) is 5.75 Å². The lowest BCUT2D eigenvalue weighted by Crippen LogP contribution is -2.45. The Hall–Kier alpha value is -2.40. The standard InChI is InChI=1S/C20H24FNO3/c1-19(2,14-7-11-17(25-4)12-8-14)18(23)22-13-20(3,24)15-5-9-16(21)10-6-15/h5-12,24H,13H2,1-4H3,(H,22,23). The average Bonchev–Trinajstić information content (AvgIpc) is 2.60. The van der Waals surface area contributed by atoms with Crippen LogP contribution in [0.1, 0.15) is 31.9 Å². The molecule has 4 nitrogen and oxygen atoms in total. The third-order valence-electron chi connectivity index (χ3n) is 4.44. The molecule has 2 rings (SSSR count). The lowest BCUT2D eigenvalue weighted by molar-refractivity contribution is -0.126. The van der Waals surface area contributed by atoms with E-state index in [-0.39, 0.29) is 18.3 Å². The van der Waals surface area contributed by atoms with Gasteiger partial charge in [-0.3, -0.25) is 4.79 Å². The highest BCUT2D eigenvalue weighted by molar-refractivity contribution is 5.87. The highest BCUT2D eigenvalue weighted by Crippen LogP contribution is 2.26. The van der Waals surface area contributed by atoms with E-state index in [0.717, 1.165) is 11.3 Å². The Morgan fingerprint density at radius 3 is 2.08 bits per heavy atom. The molecule has 0 saturated heterocycles. The van der Waals surface area contributed by atoms with Crippen molar-refractivity contribution in [1.82, 2.24) is 5.32 Å². The van der Waals surface area contributed by atoms with Crippen molar-refractivity contribution >= 4 is 5.91 Å². The number of amides is 1. The van der Waals surface area contributed by atoms with Gasteiger partial charge in [0.2, 0.25) is 5.91 Å². The molecule has 1 atom stereocenters. The second kappa shape index (κ2) is 7.23. The summed E-state index contributed by atoms with van der Waals surface area (Å²) in [5.41, 5.74) is -0.687. The molecule has 0 spiro atoms. The van der Waals surface area contributed by atoms with Crippen molar-refractivity contribution in [2.45, 2.75) is 31.8 Å². The molecule has 1 amide bonds. The number of hydrogen-bond donors (Lipinski definition) is 2. The van der Waals surface area contributed by atoms with Crippen LogP contribution in [0.4, 0.5) is 4.39 Å². The molecule has 0 radical (unpaired) electrons. The Kier molecular flexibility index (Phi) is 5.48. The maximum Gasteiger partial charge on any atom is 0.230 e. The van der Waals surface area contributed by atoms with Gasteiger partial charge in [-0.05, 0) is 56.2 Å². The van der Waals surface area contributed by atoms with E-state index in [2.05, 4.69) is 5.32 Å².